The number of fused-ring (bicyclic) bond motifs is 2. The van der Waals surface area contributed by atoms with Crippen molar-refractivity contribution in [3.8, 4) is 11.5 Å². The van der Waals surface area contributed by atoms with Crippen LogP contribution in [0.2, 0.25) is 0 Å². The van der Waals surface area contributed by atoms with Gasteiger partial charge in [0, 0.05) is 18.2 Å². The highest BCUT2D eigenvalue weighted by Crippen LogP contribution is 2.40. The molecule has 1 atom stereocenters. The van der Waals surface area contributed by atoms with Gasteiger partial charge in [-0.15, -0.1) is 0 Å². The summed E-state index contributed by atoms with van der Waals surface area (Å²) in [6, 6.07) is 5.06. The Balaban J connectivity index is 1.56. The summed E-state index contributed by atoms with van der Waals surface area (Å²) in [6.07, 6.45) is 7.92. The normalized spacial score (nSPS) is 20.7. The molecule has 4 rings (SSSR count). The Bertz CT molecular complexity index is 826. The van der Waals surface area contributed by atoms with E-state index in [-0.39, 0.29) is 17.5 Å². The van der Waals surface area contributed by atoms with Crippen LogP contribution >= 0.6 is 0 Å². The number of hydrogen-bond acceptors (Lipinski definition) is 5. The van der Waals surface area contributed by atoms with E-state index in [0.29, 0.717) is 23.6 Å². The molecule has 144 valence electrons. The fourth-order valence-corrected chi connectivity index (χ4v) is 4.36. The van der Waals surface area contributed by atoms with Gasteiger partial charge in [-0.3, -0.25) is 10.1 Å². The predicted molar refractivity (Wildman–Crippen MR) is 102 cm³/mol. The third kappa shape index (κ3) is 3.27. The largest absolute Gasteiger partial charge is 0.497 e. The van der Waals surface area contributed by atoms with E-state index >= 15 is 0 Å². The molecule has 1 spiro atoms. The van der Waals surface area contributed by atoms with Gasteiger partial charge in [0.2, 0.25) is 5.91 Å². The zero-order chi connectivity index (χ0) is 18.9. The molecule has 7 nitrogen and oxygen atoms in total. The van der Waals surface area contributed by atoms with Gasteiger partial charge in [-0.1, -0.05) is 19.3 Å². The van der Waals surface area contributed by atoms with Crippen molar-refractivity contribution in [2.45, 2.75) is 50.1 Å². The van der Waals surface area contributed by atoms with Gasteiger partial charge < -0.3 is 19.8 Å². The lowest BCUT2D eigenvalue weighted by molar-refractivity contribution is -0.119. The molecule has 1 fully saturated rings. The van der Waals surface area contributed by atoms with E-state index in [1.165, 1.54) is 6.42 Å². The molecule has 7 heteroatoms. The Morgan fingerprint density at radius 2 is 2.04 bits per heavy atom. The fourth-order valence-electron chi connectivity index (χ4n) is 4.36. The van der Waals surface area contributed by atoms with E-state index < -0.39 is 0 Å². The number of carbonyl (C=O) groups excluding carboxylic acids is 1. The van der Waals surface area contributed by atoms with Crippen LogP contribution in [0.3, 0.4) is 0 Å². The highest BCUT2D eigenvalue weighted by Gasteiger charge is 2.44. The maximum atomic E-state index is 13.1. The maximum absolute atomic E-state index is 13.1. The Kier molecular flexibility index (Phi) is 4.78. The number of anilines is 1. The minimum atomic E-state index is -0.317. The quantitative estimate of drug-likeness (QED) is 0.770. The number of rotatable bonds is 4. The number of methoxy groups -OCH3 is 2. The summed E-state index contributed by atoms with van der Waals surface area (Å²) in [6.45, 7) is 0. The Morgan fingerprint density at radius 3 is 2.78 bits per heavy atom. The van der Waals surface area contributed by atoms with Crippen molar-refractivity contribution in [2.75, 3.05) is 19.5 Å². The number of nitrogens with one attached hydrogen (secondary N) is 3. The number of imidazole rings is 1. The molecule has 0 radical (unpaired) electrons. The van der Waals surface area contributed by atoms with Crippen LogP contribution in [0.1, 0.15) is 43.5 Å². The van der Waals surface area contributed by atoms with E-state index in [2.05, 4.69) is 20.6 Å². The number of aromatic amines is 1. The standard InChI is InChI=1S/C20H26N4O3/c1-26-13-6-7-14(17(10-13)27-2)23-19(25)16-11-15-18(22-12-21-15)20(24-16)8-4-3-5-9-20/h6-7,10,12,16,24H,3-5,8-9,11H2,1-2H3,(H,21,22)(H,23,25)/t16-/m0/s1. The molecule has 1 aromatic heterocycles. The van der Waals surface area contributed by atoms with Gasteiger partial charge in [-0.25, -0.2) is 4.98 Å². The molecule has 2 aromatic rings. The van der Waals surface area contributed by atoms with Gasteiger partial charge in [0.15, 0.2) is 0 Å². The number of ether oxygens (including phenoxy) is 2. The Labute approximate surface area is 158 Å². The van der Waals surface area contributed by atoms with Crippen LogP contribution in [0.5, 0.6) is 11.5 Å². The van der Waals surface area contributed by atoms with Crippen LogP contribution < -0.4 is 20.1 Å². The summed E-state index contributed by atoms with van der Waals surface area (Å²) in [4.78, 5) is 20.9. The second-order valence-corrected chi connectivity index (χ2v) is 7.33. The summed E-state index contributed by atoms with van der Waals surface area (Å²) < 4.78 is 10.6. The molecule has 2 heterocycles. The second kappa shape index (κ2) is 7.23. The Hall–Kier alpha value is -2.54. The van der Waals surface area contributed by atoms with Crippen molar-refractivity contribution >= 4 is 11.6 Å². The van der Waals surface area contributed by atoms with Gasteiger partial charge in [-0.2, -0.15) is 0 Å². The van der Waals surface area contributed by atoms with Gasteiger partial charge in [-0.05, 0) is 25.0 Å². The van der Waals surface area contributed by atoms with E-state index in [1.807, 2.05) is 6.07 Å². The van der Waals surface area contributed by atoms with Gasteiger partial charge in [0.1, 0.15) is 11.5 Å². The van der Waals surface area contributed by atoms with Crippen LogP contribution in [0, 0.1) is 0 Å². The summed E-state index contributed by atoms with van der Waals surface area (Å²) in [5, 5.41) is 6.64. The molecule has 1 aliphatic carbocycles. The molecule has 2 aliphatic rings. The van der Waals surface area contributed by atoms with Crippen molar-refractivity contribution < 1.29 is 14.3 Å². The van der Waals surface area contributed by atoms with Crippen LogP contribution in [0.15, 0.2) is 24.5 Å². The Morgan fingerprint density at radius 1 is 1.22 bits per heavy atom. The van der Waals surface area contributed by atoms with Crippen molar-refractivity contribution in [3.05, 3.63) is 35.9 Å². The van der Waals surface area contributed by atoms with Gasteiger partial charge in [0.05, 0.1) is 43.5 Å². The first-order valence-electron chi connectivity index (χ1n) is 9.48. The summed E-state index contributed by atoms with van der Waals surface area (Å²) >= 11 is 0. The molecule has 0 saturated heterocycles. The van der Waals surface area contributed by atoms with E-state index in [1.54, 1.807) is 32.7 Å². The topological polar surface area (TPSA) is 88.3 Å². The van der Waals surface area contributed by atoms with Gasteiger partial charge in [0.25, 0.3) is 0 Å². The fraction of sp³-hybridized carbons (Fsp3) is 0.500. The van der Waals surface area contributed by atoms with E-state index in [4.69, 9.17) is 9.47 Å². The maximum Gasteiger partial charge on any atom is 0.242 e. The number of amides is 1. The molecule has 1 aromatic carbocycles. The zero-order valence-electron chi connectivity index (χ0n) is 15.8. The number of nitrogens with zero attached hydrogens (tertiary/aromatic N) is 1. The van der Waals surface area contributed by atoms with E-state index in [0.717, 1.165) is 37.1 Å². The predicted octanol–water partition coefficient (Wildman–Crippen LogP) is 2.74. The van der Waals surface area contributed by atoms with Crippen LogP contribution in [0.25, 0.3) is 0 Å². The smallest absolute Gasteiger partial charge is 0.242 e. The average molecular weight is 370 g/mol. The second-order valence-electron chi connectivity index (χ2n) is 7.33. The van der Waals surface area contributed by atoms with Crippen molar-refractivity contribution in [2.24, 2.45) is 0 Å². The molecule has 27 heavy (non-hydrogen) atoms. The minimum Gasteiger partial charge on any atom is -0.497 e. The summed E-state index contributed by atoms with van der Waals surface area (Å²) in [5.41, 5.74) is 2.60. The van der Waals surface area contributed by atoms with Crippen LogP contribution in [0.4, 0.5) is 5.69 Å². The number of hydrogen-bond donors (Lipinski definition) is 3. The lowest BCUT2D eigenvalue weighted by Gasteiger charge is -2.43. The first-order chi connectivity index (χ1) is 13.1. The first kappa shape index (κ1) is 17.9. The van der Waals surface area contributed by atoms with E-state index in [9.17, 15) is 4.79 Å². The lowest BCUT2D eigenvalue weighted by atomic mass is 9.75. The molecule has 1 aliphatic heterocycles. The van der Waals surface area contributed by atoms with Crippen LogP contribution in [-0.2, 0) is 16.8 Å². The van der Waals surface area contributed by atoms with Gasteiger partial charge >= 0.3 is 0 Å². The van der Waals surface area contributed by atoms with Crippen molar-refractivity contribution in [1.29, 1.82) is 0 Å². The highest BCUT2D eigenvalue weighted by molar-refractivity contribution is 5.96. The molecule has 0 bridgehead atoms. The SMILES string of the molecule is COc1ccc(NC(=O)[C@@H]2Cc3[nH]cnc3C3(CCCCC3)N2)c(OC)c1. The lowest BCUT2D eigenvalue weighted by Crippen LogP contribution is -2.57. The molecule has 1 amide bonds. The number of benzene rings is 1. The average Bonchev–Trinajstić information content (AvgIpc) is 3.18. The first-order valence-corrected chi connectivity index (χ1v) is 9.48. The third-order valence-electron chi connectivity index (χ3n) is 5.72. The molecular formula is C20H26N4O3. The third-order valence-corrected chi connectivity index (χ3v) is 5.72. The number of aromatic nitrogens is 2. The molecule has 3 N–H and O–H groups in total. The highest BCUT2D eigenvalue weighted by atomic mass is 16.5. The summed E-state index contributed by atoms with van der Waals surface area (Å²) in [7, 11) is 3.18. The van der Waals surface area contributed by atoms with Crippen molar-refractivity contribution in [3.63, 3.8) is 0 Å². The zero-order valence-corrected chi connectivity index (χ0v) is 15.8. The number of H-pyrrole nitrogens is 1. The minimum absolute atomic E-state index is 0.0661. The molecule has 0 unspecified atom stereocenters. The summed E-state index contributed by atoms with van der Waals surface area (Å²) in [5.74, 6) is 1.20. The monoisotopic (exact) mass is 370 g/mol. The van der Waals surface area contributed by atoms with Crippen LogP contribution in [-0.4, -0.2) is 36.1 Å². The van der Waals surface area contributed by atoms with Crippen molar-refractivity contribution in [1.82, 2.24) is 15.3 Å². The molecular weight excluding hydrogens is 344 g/mol. The molecule has 1 saturated carbocycles. The number of carbonyl (C=O) groups is 1.